The molecule has 2 aliphatic rings. The van der Waals surface area contributed by atoms with Gasteiger partial charge in [0.1, 0.15) is 0 Å². The smallest absolute Gasteiger partial charge is 0.416 e. The Morgan fingerprint density at radius 1 is 1.03 bits per heavy atom. The Bertz CT molecular complexity index is 1020. The van der Waals surface area contributed by atoms with Gasteiger partial charge in [0, 0.05) is 25.4 Å². The van der Waals surface area contributed by atoms with Crippen molar-refractivity contribution in [2.45, 2.75) is 56.4 Å². The number of carboxylic acid groups (broad SMARTS) is 1. The Hall–Kier alpha value is -2.27. The van der Waals surface area contributed by atoms with Crippen molar-refractivity contribution in [3.63, 3.8) is 0 Å². The van der Waals surface area contributed by atoms with Crippen molar-refractivity contribution in [3.05, 3.63) is 70.8 Å². The van der Waals surface area contributed by atoms with Crippen molar-refractivity contribution in [3.8, 4) is 0 Å². The maximum absolute atomic E-state index is 13.4. The van der Waals surface area contributed by atoms with Crippen molar-refractivity contribution in [1.82, 2.24) is 10.2 Å². The van der Waals surface area contributed by atoms with Crippen molar-refractivity contribution in [1.29, 1.82) is 0 Å². The molecule has 1 amide bonds. The van der Waals surface area contributed by atoms with E-state index < -0.39 is 28.8 Å². The number of hydrogen-bond donors (Lipinski definition) is 2. The molecule has 2 fully saturated rings. The number of carbonyl (C=O) groups is 2. The summed E-state index contributed by atoms with van der Waals surface area (Å²) in [6, 6.07) is 11.6. The summed E-state index contributed by atoms with van der Waals surface area (Å²) >= 11 is 0. The van der Waals surface area contributed by atoms with Crippen LogP contribution in [0.25, 0.3) is 0 Å². The van der Waals surface area contributed by atoms with E-state index in [1.54, 1.807) is 12.1 Å². The van der Waals surface area contributed by atoms with E-state index in [4.69, 9.17) is 5.11 Å². The molecule has 1 heterocycles. The third-order valence-corrected chi connectivity index (χ3v) is 6.72. The molecule has 1 saturated carbocycles. The molecule has 9 heteroatoms. The molecule has 0 spiro atoms. The van der Waals surface area contributed by atoms with Gasteiger partial charge in [-0.05, 0) is 74.5 Å². The quantitative estimate of drug-likeness (QED) is 0.644. The monoisotopic (exact) mass is 453 g/mol. The molecule has 1 radical (unpaired) electrons. The van der Waals surface area contributed by atoms with Crippen LogP contribution in [-0.4, -0.2) is 52.8 Å². The molecule has 1 saturated heterocycles. The van der Waals surface area contributed by atoms with E-state index in [-0.39, 0.29) is 30.3 Å². The summed E-state index contributed by atoms with van der Waals surface area (Å²) in [6.07, 6.45) is -1.33. The zero-order valence-electron chi connectivity index (χ0n) is 18.7. The van der Waals surface area contributed by atoms with E-state index in [1.807, 2.05) is 11.8 Å². The number of nitrogens with zero attached hydrogens (tertiary/aromatic N) is 1. The number of likely N-dealkylation sites (tertiary alicyclic amines) is 1. The van der Waals surface area contributed by atoms with E-state index in [0.29, 0.717) is 19.5 Å². The molecule has 2 aromatic rings. The van der Waals surface area contributed by atoms with Gasteiger partial charge in [0.2, 0.25) is 5.91 Å². The minimum atomic E-state index is -4.37. The number of benzene rings is 2. The van der Waals surface area contributed by atoms with Crippen LogP contribution in [-0.2, 0) is 23.1 Å². The van der Waals surface area contributed by atoms with Crippen LogP contribution < -0.4 is 5.32 Å². The normalized spacial score (nSPS) is 21.8. The molecule has 1 aliphatic carbocycles. The Morgan fingerprint density at radius 2 is 1.64 bits per heavy atom. The third-order valence-electron chi connectivity index (χ3n) is 6.72. The zero-order chi connectivity index (χ0) is 23.1. The molecule has 0 unspecified atom stereocenters. The SMILES string of the molecule is C[C@]1(C(=O)NC2(c3ccc(C(=O)O)cc3)CC2)CCCN1Cc1ccc(C(F)(F)F)cc1.[Li]. The minimum Gasteiger partial charge on any atom is -0.478 e. The number of carbonyl (C=O) groups excluding carboxylic acids is 1. The van der Waals surface area contributed by atoms with Crippen LogP contribution in [0.1, 0.15) is 59.7 Å². The first-order chi connectivity index (χ1) is 15.0. The standard InChI is InChI=1S/C24H25F3N2O3.Li/c1-22(11-2-14-29(22)15-16-3-7-19(8-4-16)24(25,26)27)21(32)28-23(12-13-23)18-9-5-17(6-10-18)20(30)31;/h3-10H,2,11-15H2,1H3,(H,28,32)(H,30,31);/t22-;/m1./s1. The van der Waals surface area contributed by atoms with Gasteiger partial charge in [0.15, 0.2) is 0 Å². The van der Waals surface area contributed by atoms with Gasteiger partial charge < -0.3 is 10.4 Å². The van der Waals surface area contributed by atoms with E-state index in [2.05, 4.69) is 5.32 Å². The first-order valence-corrected chi connectivity index (χ1v) is 10.6. The molecule has 2 N–H and O–H groups in total. The summed E-state index contributed by atoms with van der Waals surface area (Å²) in [5.41, 5.74) is -0.135. The Morgan fingerprint density at radius 3 is 2.15 bits per heavy atom. The number of nitrogens with one attached hydrogen (secondary N) is 1. The molecular formula is C24H25F3LiN2O3. The van der Waals surface area contributed by atoms with Crippen molar-refractivity contribution in [2.24, 2.45) is 0 Å². The molecule has 4 rings (SSSR count). The van der Waals surface area contributed by atoms with Gasteiger partial charge in [-0.15, -0.1) is 0 Å². The number of carboxylic acids is 1. The predicted molar refractivity (Wildman–Crippen MR) is 118 cm³/mol. The molecular weight excluding hydrogens is 428 g/mol. The van der Waals surface area contributed by atoms with E-state index in [1.165, 1.54) is 24.3 Å². The van der Waals surface area contributed by atoms with Gasteiger partial charge >= 0.3 is 12.1 Å². The molecule has 1 atom stereocenters. The van der Waals surface area contributed by atoms with Gasteiger partial charge in [-0.3, -0.25) is 9.69 Å². The molecule has 171 valence electrons. The van der Waals surface area contributed by atoms with Crippen LogP contribution in [0.2, 0.25) is 0 Å². The summed E-state index contributed by atoms with van der Waals surface area (Å²) in [5, 5.41) is 12.3. The maximum Gasteiger partial charge on any atom is 0.416 e. The Labute approximate surface area is 202 Å². The second-order valence-electron chi connectivity index (χ2n) is 8.91. The first-order valence-electron chi connectivity index (χ1n) is 10.6. The van der Waals surface area contributed by atoms with Crippen LogP contribution >= 0.6 is 0 Å². The summed E-state index contributed by atoms with van der Waals surface area (Å²) in [6.45, 7) is 2.95. The maximum atomic E-state index is 13.4. The number of alkyl halides is 3. The first kappa shape index (κ1) is 25.4. The van der Waals surface area contributed by atoms with E-state index >= 15 is 0 Å². The molecule has 2 aromatic carbocycles. The second kappa shape index (κ2) is 9.17. The number of amides is 1. The van der Waals surface area contributed by atoms with Gasteiger partial charge in [0.05, 0.1) is 22.2 Å². The number of halogens is 3. The van der Waals surface area contributed by atoms with E-state index in [0.717, 1.165) is 42.5 Å². The minimum absolute atomic E-state index is 0. The number of rotatable bonds is 6. The average Bonchev–Trinajstić information content (AvgIpc) is 3.44. The molecule has 5 nitrogen and oxygen atoms in total. The van der Waals surface area contributed by atoms with Crippen molar-refractivity contribution >= 4 is 30.7 Å². The van der Waals surface area contributed by atoms with Gasteiger partial charge in [-0.2, -0.15) is 13.2 Å². The van der Waals surface area contributed by atoms with Crippen LogP contribution in [0.3, 0.4) is 0 Å². The van der Waals surface area contributed by atoms with Crippen molar-refractivity contribution < 1.29 is 27.9 Å². The van der Waals surface area contributed by atoms with Crippen LogP contribution in [0.15, 0.2) is 48.5 Å². The predicted octanol–water partition coefficient (Wildman–Crippen LogP) is 4.18. The van der Waals surface area contributed by atoms with Crippen LogP contribution in [0, 0.1) is 0 Å². The zero-order valence-corrected chi connectivity index (χ0v) is 18.7. The molecule has 1 aliphatic heterocycles. The summed E-state index contributed by atoms with van der Waals surface area (Å²) in [4.78, 5) is 26.5. The Balaban J connectivity index is 0.00000306. The van der Waals surface area contributed by atoms with E-state index in [9.17, 15) is 22.8 Å². The van der Waals surface area contributed by atoms with Gasteiger partial charge in [0.25, 0.3) is 0 Å². The molecule has 0 aromatic heterocycles. The fourth-order valence-electron chi connectivity index (χ4n) is 4.44. The fourth-order valence-corrected chi connectivity index (χ4v) is 4.44. The van der Waals surface area contributed by atoms with Crippen LogP contribution in [0.5, 0.6) is 0 Å². The van der Waals surface area contributed by atoms with Crippen LogP contribution in [0.4, 0.5) is 13.2 Å². The summed E-state index contributed by atoms with van der Waals surface area (Å²) in [7, 11) is 0. The Kier molecular flexibility index (Phi) is 7.04. The summed E-state index contributed by atoms with van der Waals surface area (Å²) < 4.78 is 38.5. The number of aromatic carboxylic acids is 1. The third kappa shape index (κ3) is 5.13. The number of hydrogen-bond acceptors (Lipinski definition) is 3. The van der Waals surface area contributed by atoms with Gasteiger partial charge in [-0.25, -0.2) is 4.79 Å². The fraction of sp³-hybridized carbons (Fsp3) is 0.417. The summed E-state index contributed by atoms with van der Waals surface area (Å²) in [5.74, 6) is -1.11. The average molecular weight is 453 g/mol. The second-order valence-corrected chi connectivity index (χ2v) is 8.91. The van der Waals surface area contributed by atoms with Gasteiger partial charge in [-0.1, -0.05) is 24.3 Å². The molecule has 0 bridgehead atoms. The molecule has 33 heavy (non-hydrogen) atoms. The largest absolute Gasteiger partial charge is 0.478 e. The van der Waals surface area contributed by atoms with Crippen molar-refractivity contribution in [2.75, 3.05) is 6.54 Å². The topological polar surface area (TPSA) is 69.6 Å².